The predicted molar refractivity (Wildman–Crippen MR) is 77.1 cm³/mol. The molecule has 22 heavy (non-hydrogen) atoms. The molecule has 120 valence electrons. The highest BCUT2D eigenvalue weighted by atomic mass is 16.5. The second-order valence-corrected chi connectivity index (χ2v) is 5.16. The molecule has 1 aromatic heterocycles. The molecule has 1 N–H and O–H groups in total. The van der Waals surface area contributed by atoms with Crippen LogP contribution in [0.5, 0.6) is 0 Å². The molecule has 0 radical (unpaired) electrons. The van der Waals surface area contributed by atoms with Crippen molar-refractivity contribution in [3.05, 3.63) is 29.7 Å². The van der Waals surface area contributed by atoms with Gasteiger partial charge >= 0.3 is 5.97 Å². The van der Waals surface area contributed by atoms with E-state index < -0.39 is 11.4 Å². The van der Waals surface area contributed by atoms with Crippen LogP contribution >= 0.6 is 0 Å². The second-order valence-electron chi connectivity index (χ2n) is 5.16. The Labute approximate surface area is 128 Å². The zero-order chi connectivity index (χ0) is 16.0. The van der Waals surface area contributed by atoms with E-state index >= 15 is 0 Å². The SMILES string of the molecule is COC(=O)/C=C/CNC(=O)C1(c2cc(C)no2)CCOCC1. The van der Waals surface area contributed by atoms with Crippen molar-refractivity contribution < 1.29 is 23.6 Å². The third kappa shape index (κ3) is 3.54. The molecule has 1 fully saturated rings. The lowest BCUT2D eigenvalue weighted by Crippen LogP contribution is -2.48. The topological polar surface area (TPSA) is 90.7 Å². The van der Waals surface area contributed by atoms with Crippen molar-refractivity contribution in [2.45, 2.75) is 25.2 Å². The molecule has 0 unspecified atom stereocenters. The van der Waals surface area contributed by atoms with E-state index in [0.29, 0.717) is 31.8 Å². The van der Waals surface area contributed by atoms with Crippen LogP contribution in [0.25, 0.3) is 0 Å². The first-order valence-corrected chi connectivity index (χ1v) is 7.13. The Morgan fingerprint density at radius 2 is 2.18 bits per heavy atom. The number of rotatable bonds is 5. The van der Waals surface area contributed by atoms with Crippen LogP contribution in [0.15, 0.2) is 22.7 Å². The lowest BCUT2D eigenvalue weighted by molar-refractivity contribution is -0.135. The second kappa shape index (κ2) is 7.22. The van der Waals surface area contributed by atoms with Gasteiger partial charge in [-0.05, 0) is 19.8 Å². The number of carbonyl (C=O) groups excluding carboxylic acids is 2. The molecule has 0 saturated carbocycles. The lowest BCUT2D eigenvalue weighted by atomic mass is 9.77. The number of carbonyl (C=O) groups is 2. The van der Waals surface area contributed by atoms with E-state index in [1.807, 2.05) is 6.92 Å². The average Bonchev–Trinajstić information content (AvgIpc) is 2.98. The van der Waals surface area contributed by atoms with Crippen molar-refractivity contribution >= 4 is 11.9 Å². The van der Waals surface area contributed by atoms with E-state index in [-0.39, 0.29) is 12.5 Å². The summed E-state index contributed by atoms with van der Waals surface area (Å²) < 4.78 is 15.2. The smallest absolute Gasteiger partial charge is 0.330 e. The molecule has 0 spiro atoms. The third-order valence-electron chi connectivity index (χ3n) is 3.72. The van der Waals surface area contributed by atoms with Crippen LogP contribution in [0.4, 0.5) is 0 Å². The molecule has 1 aliphatic heterocycles. The fourth-order valence-electron chi connectivity index (χ4n) is 2.44. The van der Waals surface area contributed by atoms with Gasteiger partial charge in [0, 0.05) is 31.9 Å². The first-order chi connectivity index (χ1) is 10.6. The molecular formula is C15H20N2O5. The lowest BCUT2D eigenvalue weighted by Gasteiger charge is -2.33. The molecule has 0 aromatic carbocycles. The standard InChI is InChI=1S/C15H20N2O5/c1-11-10-12(22-17-11)15(5-8-21-9-6-15)14(19)16-7-3-4-13(18)20-2/h3-4,10H,5-9H2,1-2H3,(H,16,19)/b4-3+. The van der Waals surface area contributed by atoms with Gasteiger partial charge in [0.2, 0.25) is 5.91 Å². The van der Waals surface area contributed by atoms with Gasteiger partial charge in [0.25, 0.3) is 0 Å². The van der Waals surface area contributed by atoms with Gasteiger partial charge < -0.3 is 19.3 Å². The highest BCUT2D eigenvalue weighted by Gasteiger charge is 2.44. The number of hydrogen-bond acceptors (Lipinski definition) is 6. The quantitative estimate of drug-likeness (QED) is 0.641. The third-order valence-corrected chi connectivity index (χ3v) is 3.72. The number of nitrogens with one attached hydrogen (secondary N) is 1. The Hall–Kier alpha value is -2.15. The van der Waals surface area contributed by atoms with E-state index in [2.05, 4.69) is 15.2 Å². The molecule has 7 heteroatoms. The molecule has 1 aliphatic rings. The minimum Gasteiger partial charge on any atom is -0.466 e. The summed E-state index contributed by atoms with van der Waals surface area (Å²) in [5, 5.41) is 6.68. The fourth-order valence-corrected chi connectivity index (χ4v) is 2.44. The molecule has 1 amide bonds. The van der Waals surface area contributed by atoms with Gasteiger partial charge in [0.05, 0.1) is 12.8 Å². The van der Waals surface area contributed by atoms with Gasteiger partial charge in [-0.15, -0.1) is 0 Å². The number of methoxy groups -OCH3 is 1. The van der Waals surface area contributed by atoms with Crippen molar-refractivity contribution in [3.63, 3.8) is 0 Å². The van der Waals surface area contributed by atoms with Crippen molar-refractivity contribution in [1.29, 1.82) is 0 Å². The minimum atomic E-state index is -0.765. The Bertz CT molecular complexity index is 558. The van der Waals surface area contributed by atoms with Crippen LogP contribution in [0, 0.1) is 6.92 Å². The largest absolute Gasteiger partial charge is 0.466 e. The van der Waals surface area contributed by atoms with E-state index in [1.54, 1.807) is 12.1 Å². The first kappa shape index (κ1) is 16.2. The van der Waals surface area contributed by atoms with Gasteiger partial charge in [-0.3, -0.25) is 4.79 Å². The van der Waals surface area contributed by atoms with E-state index in [9.17, 15) is 9.59 Å². The van der Waals surface area contributed by atoms with Gasteiger partial charge in [-0.25, -0.2) is 4.79 Å². The zero-order valence-corrected chi connectivity index (χ0v) is 12.8. The van der Waals surface area contributed by atoms with Gasteiger partial charge in [0.1, 0.15) is 5.41 Å². The molecule has 0 atom stereocenters. The van der Waals surface area contributed by atoms with Gasteiger partial charge in [0.15, 0.2) is 5.76 Å². The molecule has 1 aromatic rings. The molecule has 7 nitrogen and oxygen atoms in total. The Morgan fingerprint density at radius 3 is 2.77 bits per heavy atom. The summed E-state index contributed by atoms with van der Waals surface area (Å²) in [7, 11) is 1.30. The van der Waals surface area contributed by atoms with Crippen LogP contribution in [0.3, 0.4) is 0 Å². The summed E-state index contributed by atoms with van der Waals surface area (Å²) in [6.07, 6.45) is 3.89. The number of hydrogen-bond donors (Lipinski definition) is 1. The average molecular weight is 308 g/mol. The van der Waals surface area contributed by atoms with E-state index in [1.165, 1.54) is 13.2 Å². The summed E-state index contributed by atoms with van der Waals surface area (Å²) >= 11 is 0. The minimum absolute atomic E-state index is 0.151. The van der Waals surface area contributed by atoms with Crippen LogP contribution < -0.4 is 5.32 Å². The normalized spacial score (nSPS) is 17.4. The highest BCUT2D eigenvalue weighted by Crippen LogP contribution is 2.35. The van der Waals surface area contributed by atoms with Crippen molar-refractivity contribution in [1.82, 2.24) is 10.5 Å². The number of esters is 1. The molecular weight excluding hydrogens is 288 g/mol. The van der Waals surface area contributed by atoms with Crippen LogP contribution in [-0.2, 0) is 24.5 Å². The Balaban J connectivity index is 2.07. The van der Waals surface area contributed by atoms with Crippen LogP contribution in [0.2, 0.25) is 0 Å². The molecule has 2 heterocycles. The van der Waals surface area contributed by atoms with Crippen LogP contribution in [0.1, 0.15) is 24.3 Å². The number of ether oxygens (including phenoxy) is 2. The fraction of sp³-hybridized carbons (Fsp3) is 0.533. The van der Waals surface area contributed by atoms with Gasteiger partial charge in [-0.2, -0.15) is 0 Å². The first-order valence-electron chi connectivity index (χ1n) is 7.13. The predicted octanol–water partition coefficient (Wildman–Crippen LogP) is 0.877. The maximum absolute atomic E-state index is 12.6. The monoisotopic (exact) mass is 308 g/mol. The van der Waals surface area contributed by atoms with Gasteiger partial charge in [-0.1, -0.05) is 11.2 Å². The number of amides is 1. The van der Waals surface area contributed by atoms with E-state index in [4.69, 9.17) is 9.26 Å². The molecule has 0 bridgehead atoms. The maximum Gasteiger partial charge on any atom is 0.330 e. The summed E-state index contributed by atoms with van der Waals surface area (Å²) in [5.41, 5.74) is -0.0298. The molecule has 0 aliphatic carbocycles. The van der Waals surface area contributed by atoms with Crippen molar-refractivity contribution in [2.75, 3.05) is 26.9 Å². The molecule has 2 rings (SSSR count). The summed E-state index contributed by atoms with van der Waals surface area (Å²) in [6, 6.07) is 1.79. The number of aryl methyl sites for hydroxylation is 1. The van der Waals surface area contributed by atoms with Crippen LogP contribution in [-0.4, -0.2) is 43.9 Å². The Morgan fingerprint density at radius 1 is 1.45 bits per heavy atom. The number of nitrogens with zero attached hydrogens (tertiary/aromatic N) is 1. The highest BCUT2D eigenvalue weighted by molar-refractivity contribution is 5.88. The van der Waals surface area contributed by atoms with Crippen molar-refractivity contribution in [3.8, 4) is 0 Å². The summed E-state index contributed by atoms with van der Waals surface area (Å²) in [5.74, 6) is -0.0508. The van der Waals surface area contributed by atoms with E-state index in [0.717, 1.165) is 5.69 Å². The summed E-state index contributed by atoms with van der Waals surface area (Å²) in [4.78, 5) is 23.6. The van der Waals surface area contributed by atoms with Crippen molar-refractivity contribution in [2.24, 2.45) is 0 Å². The Kier molecular flexibility index (Phi) is 5.32. The maximum atomic E-state index is 12.6. The zero-order valence-electron chi connectivity index (χ0n) is 12.8. The summed E-state index contributed by atoms with van der Waals surface area (Å²) in [6.45, 7) is 3.04. The molecule has 1 saturated heterocycles. The number of aromatic nitrogens is 1.